The van der Waals surface area contributed by atoms with Crippen molar-refractivity contribution >= 4 is 28.8 Å². The first-order chi connectivity index (χ1) is 15.0. The Labute approximate surface area is 182 Å². The summed E-state index contributed by atoms with van der Waals surface area (Å²) in [5.41, 5.74) is 1.95. The van der Waals surface area contributed by atoms with Crippen LogP contribution in [0, 0.1) is 5.82 Å². The van der Waals surface area contributed by atoms with Crippen LogP contribution in [-0.2, 0) is 22.6 Å². The van der Waals surface area contributed by atoms with Crippen LogP contribution in [0.25, 0.3) is 5.76 Å². The summed E-state index contributed by atoms with van der Waals surface area (Å²) in [5, 5.41) is 13.0. The maximum atomic E-state index is 13.6. The predicted molar refractivity (Wildman–Crippen MR) is 114 cm³/mol. The van der Waals surface area contributed by atoms with Gasteiger partial charge in [-0.3, -0.25) is 9.59 Å². The molecule has 7 heteroatoms. The highest BCUT2D eigenvalue weighted by Gasteiger charge is 2.46. The number of halogens is 1. The van der Waals surface area contributed by atoms with Crippen molar-refractivity contribution in [3.8, 4) is 5.75 Å². The summed E-state index contributed by atoms with van der Waals surface area (Å²) in [7, 11) is 0. The molecular weight excluding hydrogens is 417 g/mol. The van der Waals surface area contributed by atoms with E-state index in [1.165, 1.54) is 40.5 Å². The number of carbonyl (C=O) groups excluding carboxylic acids is 2. The second kappa shape index (κ2) is 7.67. The minimum Gasteiger partial charge on any atom is -0.507 e. The minimum absolute atomic E-state index is 0.00651. The quantitative estimate of drug-likeness (QED) is 0.374. The van der Waals surface area contributed by atoms with Crippen LogP contribution in [-0.4, -0.2) is 28.3 Å². The van der Waals surface area contributed by atoms with Gasteiger partial charge in [-0.25, -0.2) is 4.39 Å². The number of amides is 1. The van der Waals surface area contributed by atoms with Crippen LogP contribution >= 0.6 is 11.3 Å². The highest BCUT2D eigenvalue weighted by Crippen LogP contribution is 2.41. The van der Waals surface area contributed by atoms with E-state index in [1.54, 1.807) is 18.2 Å². The number of ether oxygens (including phenoxy) is 1. The average molecular weight is 435 g/mol. The lowest BCUT2D eigenvalue weighted by atomic mass is 9.94. The molecule has 1 N–H and O–H groups in total. The first-order valence-corrected chi connectivity index (χ1v) is 10.7. The molecule has 0 radical (unpaired) electrons. The number of nitrogens with zero attached hydrogens (tertiary/aromatic N) is 1. The number of hydrogen-bond acceptors (Lipinski definition) is 5. The predicted octanol–water partition coefficient (Wildman–Crippen LogP) is 4.44. The lowest BCUT2D eigenvalue weighted by Crippen LogP contribution is -2.28. The van der Waals surface area contributed by atoms with E-state index in [2.05, 4.69) is 0 Å². The topological polar surface area (TPSA) is 66.8 Å². The number of rotatable bonds is 4. The van der Waals surface area contributed by atoms with Gasteiger partial charge in [0.15, 0.2) is 0 Å². The van der Waals surface area contributed by atoms with Crippen LogP contribution in [0.1, 0.15) is 27.6 Å². The molecule has 31 heavy (non-hydrogen) atoms. The highest BCUT2D eigenvalue weighted by atomic mass is 32.1. The van der Waals surface area contributed by atoms with Crippen molar-refractivity contribution in [1.82, 2.24) is 4.90 Å². The van der Waals surface area contributed by atoms with Gasteiger partial charge in [0.05, 0.1) is 24.8 Å². The zero-order valence-electron chi connectivity index (χ0n) is 16.4. The van der Waals surface area contributed by atoms with Gasteiger partial charge in [-0.05, 0) is 52.9 Å². The van der Waals surface area contributed by atoms with Gasteiger partial charge in [0.1, 0.15) is 17.3 Å². The van der Waals surface area contributed by atoms with Crippen molar-refractivity contribution < 1.29 is 23.8 Å². The van der Waals surface area contributed by atoms with Crippen LogP contribution in [0.3, 0.4) is 0 Å². The van der Waals surface area contributed by atoms with Gasteiger partial charge in [0, 0.05) is 16.9 Å². The molecule has 1 aromatic heterocycles. The van der Waals surface area contributed by atoms with Crippen LogP contribution in [0.5, 0.6) is 5.75 Å². The summed E-state index contributed by atoms with van der Waals surface area (Å²) in [6.07, 6.45) is 0.713. The number of fused-ring (bicyclic) bond motifs is 1. The molecule has 0 saturated carbocycles. The molecule has 5 rings (SSSR count). The standard InChI is InChI=1S/C24H18FNO4S/c25-17-6-3-14(4-7-17)21-20(22(27)16-5-8-19-15(12-16)9-10-30-19)23(28)24(29)26(21)13-18-2-1-11-31-18/h1-8,11-12,21,27H,9-10,13H2/b22-20-. The monoisotopic (exact) mass is 435 g/mol. The molecule has 1 unspecified atom stereocenters. The molecule has 0 bridgehead atoms. The first kappa shape index (κ1) is 19.5. The Bertz CT molecular complexity index is 1200. The molecule has 5 nitrogen and oxygen atoms in total. The third kappa shape index (κ3) is 3.41. The summed E-state index contributed by atoms with van der Waals surface area (Å²) < 4.78 is 19.1. The Morgan fingerprint density at radius 1 is 1.16 bits per heavy atom. The van der Waals surface area contributed by atoms with E-state index in [0.717, 1.165) is 16.2 Å². The number of likely N-dealkylation sites (tertiary alicyclic amines) is 1. The number of Topliss-reactive ketones (excluding diaryl/α,β-unsaturated/α-hetero) is 1. The molecule has 1 saturated heterocycles. The van der Waals surface area contributed by atoms with Gasteiger partial charge in [0.2, 0.25) is 0 Å². The van der Waals surface area contributed by atoms with E-state index in [1.807, 2.05) is 17.5 Å². The molecule has 0 aliphatic carbocycles. The molecular formula is C24H18FNO4S. The van der Waals surface area contributed by atoms with E-state index in [0.29, 0.717) is 24.2 Å². The number of carbonyl (C=O) groups is 2. The molecule has 3 heterocycles. The molecule has 2 aromatic carbocycles. The van der Waals surface area contributed by atoms with Gasteiger partial charge >= 0.3 is 0 Å². The van der Waals surface area contributed by atoms with Crippen molar-refractivity contribution in [3.05, 3.63) is 92.9 Å². The maximum absolute atomic E-state index is 13.6. The van der Waals surface area contributed by atoms with Crippen molar-refractivity contribution in [2.45, 2.75) is 19.0 Å². The van der Waals surface area contributed by atoms with E-state index in [9.17, 15) is 19.1 Å². The molecule has 2 aliphatic rings. The molecule has 1 amide bonds. The third-order valence-corrected chi connectivity index (χ3v) is 6.46. The number of aliphatic hydroxyl groups excluding tert-OH is 1. The largest absolute Gasteiger partial charge is 0.507 e. The first-order valence-electron chi connectivity index (χ1n) is 9.85. The summed E-state index contributed by atoms with van der Waals surface area (Å²) in [4.78, 5) is 28.3. The Hall–Kier alpha value is -3.45. The lowest BCUT2D eigenvalue weighted by molar-refractivity contribution is -0.140. The molecule has 2 aliphatic heterocycles. The minimum atomic E-state index is -0.813. The van der Waals surface area contributed by atoms with Gasteiger partial charge in [-0.2, -0.15) is 0 Å². The van der Waals surface area contributed by atoms with E-state index < -0.39 is 23.5 Å². The van der Waals surface area contributed by atoms with Crippen molar-refractivity contribution in [1.29, 1.82) is 0 Å². The second-order valence-corrected chi connectivity index (χ2v) is 8.51. The van der Waals surface area contributed by atoms with Gasteiger partial charge < -0.3 is 14.7 Å². The fraction of sp³-hybridized carbons (Fsp3) is 0.167. The lowest BCUT2D eigenvalue weighted by Gasteiger charge is -2.25. The Kier molecular flexibility index (Phi) is 4.82. The molecule has 1 atom stereocenters. The fourth-order valence-corrected chi connectivity index (χ4v) is 4.80. The van der Waals surface area contributed by atoms with Gasteiger partial charge in [0.25, 0.3) is 11.7 Å². The summed E-state index contributed by atoms with van der Waals surface area (Å²) in [6, 6.07) is 13.8. The van der Waals surface area contributed by atoms with Gasteiger partial charge in [-0.1, -0.05) is 18.2 Å². The van der Waals surface area contributed by atoms with Crippen LogP contribution in [0.2, 0.25) is 0 Å². The zero-order valence-corrected chi connectivity index (χ0v) is 17.2. The van der Waals surface area contributed by atoms with Crippen LogP contribution in [0.4, 0.5) is 4.39 Å². The van der Waals surface area contributed by atoms with Crippen LogP contribution in [0.15, 0.2) is 65.6 Å². The second-order valence-electron chi connectivity index (χ2n) is 7.48. The molecule has 0 spiro atoms. The van der Waals surface area contributed by atoms with Crippen molar-refractivity contribution in [3.63, 3.8) is 0 Å². The Morgan fingerprint density at radius 3 is 2.71 bits per heavy atom. The normalized spacial score (nSPS) is 19.5. The third-order valence-electron chi connectivity index (χ3n) is 5.59. The Balaban J connectivity index is 1.64. The smallest absolute Gasteiger partial charge is 0.295 e. The van der Waals surface area contributed by atoms with Crippen LogP contribution < -0.4 is 4.74 Å². The van der Waals surface area contributed by atoms with E-state index >= 15 is 0 Å². The SMILES string of the molecule is O=C1C(=O)N(Cc2cccs2)C(c2ccc(F)cc2)/C1=C(/O)c1ccc2c(c1)CCO2. The summed E-state index contributed by atoms with van der Waals surface area (Å²) >= 11 is 1.47. The number of thiophene rings is 1. The van der Waals surface area contributed by atoms with Crippen molar-refractivity contribution in [2.24, 2.45) is 0 Å². The van der Waals surface area contributed by atoms with E-state index in [4.69, 9.17) is 4.74 Å². The number of hydrogen-bond donors (Lipinski definition) is 1. The fourth-order valence-electron chi connectivity index (χ4n) is 4.09. The van der Waals surface area contributed by atoms with Crippen molar-refractivity contribution in [2.75, 3.05) is 6.61 Å². The van der Waals surface area contributed by atoms with E-state index in [-0.39, 0.29) is 17.9 Å². The Morgan fingerprint density at radius 2 is 1.97 bits per heavy atom. The summed E-state index contributed by atoms with van der Waals surface area (Å²) in [5.74, 6) is -1.34. The number of aliphatic hydroxyl groups is 1. The zero-order chi connectivity index (χ0) is 21.5. The average Bonchev–Trinajstić information content (AvgIpc) is 3.51. The number of benzene rings is 2. The molecule has 1 fully saturated rings. The summed E-state index contributed by atoms with van der Waals surface area (Å²) in [6.45, 7) is 0.791. The maximum Gasteiger partial charge on any atom is 0.295 e. The molecule has 3 aromatic rings. The number of ketones is 1. The highest BCUT2D eigenvalue weighted by molar-refractivity contribution is 7.09. The molecule has 156 valence electrons. The van der Waals surface area contributed by atoms with Gasteiger partial charge in [-0.15, -0.1) is 11.3 Å².